The van der Waals surface area contributed by atoms with Crippen molar-refractivity contribution in [1.82, 2.24) is 4.90 Å². The molecular formula is C12H25NO2. The highest BCUT2D eigenvalue weighted by Crippen LogP contribution is 2.04. The number of nitrogens with zero attached hydrogens (tertiary/aromatic N) is 1. The first-order valence-electron chi connectivity index (χ1n) is 6.00. The molecule has 0 saturated heterocycles. The normalized spacial score (nSPS) is 11.3. The zero-order valence-corrected chi connectivity index (χ0v) is 10.3. The Balaban J connectivity index is 3.42. The summed E-state index contributed by atoms with van der Waals surface area (Å²) < 4.78 is 0. The topological polar surface area (TPSA) is 40.5 Å². The molecule has 0 aromatic rings. The second-order valence-electron chi connectivity index (χ2n) is 4.49. The van der Waals surface area contributed by atoms with Gasteiger partial charge < -0.3 is 10.0 Å². The van der Waals surface area contributed by atoms with Crippen molar-refractivity contribution in [3.8, 4) is 0 Å². The maximum atomic E-state index is 10.3. The van der Waals surface area contributed by atoms with E-state index in [0.717, 1.165) is 38.9 Å². The number of carbonyl (C=O) groups is 1. The lowest BCUT2D eigenvalue weighted by molar-refractivity contribution is -0.137. The summed E-state index contributed by atoms with van der Waals surface area (Å²) in [5.41, 5.74) is 0. The van der Waals surface area contributed by atoms with E-state index in [9.17, 15) is 4.79 Å². The predicted octanol–water partition coefficient (Wildman–Crippen LogP) is 2.61. The summed E-state index contributed by atoms with van der Waals surface area (Å²) in [6.45, 7) is 9.99. The molecule has 0 rings (SSSR count). The van der Waals surface area contributed by atoms with Crippen LogP contribution in [-0.2, 0) is 4.79 Å². The molecule has 3 heteroatoms. The van der Waals surface area contributed by atoms with E-state index in [4.69, 9.17) is 5.11 Å². The average Bonchev–Trinajstić information content (AvgIpc) is 2.14. The summed E-state index contributed by atoms with van der Waals surface area (Å²) in [4.78, 5) is 12.7. The monoisotopic (exact) mass is 215 g/mol. The summed E-state index contributed by atoms with van der Waals surface area (Å²) in [7, 11) is 0. The molecule has 0 saturated carbocycles. The van der Waals surface area contributed by atoms with Gasteiger partial charge in [0.1, 0.15) is 0 Å². The van der Waals surface area contributed by atoms with E-state index >= 15 is 0 Å². The Morgan fingerprint density at radius 3 is 2.40 bits per heavy atom. The third-order valence-corrected chi connectivity index (χ3v) is 2.44. The van der Waals surface area contributed by atoms with Gasteiger partial charge in [0, 0.05) is 13.0 Å². The molecular weight excluding hydrogens is 190 g/mol. The van der Waals surface area contributed by atoms with Crippen molar-refractivity contribution in [3.05, 3.63) is 0 Å². The molecule has 0 bridgehead atoms. The number of carboxylic acid groups (broad SMARTS) is 1. The van der Waals surface area contributed by atoms with E-state index in [1.165, 1.54) is 0 Å². The summed E-state index contributed by atoms with van der Waals surface area (Å²) in [6, 6.07) is 0. The maximum absolute atomic E-state index is 10.3. The molecule has 3 nitrogen and oxygen atoms in total. The van der Waals surface area contributed by atoms with E-state index in [1.54, 1.807) is 0 Å². The lowest BCUT2D eigenvalue weighted by atomic mass is 10.1. The zero-order valence-electron chi connectivity index (χ0n) is 10.3. The van der Waals surface area contributed by atoms with Crippen molar-refractivity contribution in [1.29, 1.82) is 0 Å². The van der Waals surface area contributed by atoms with E-state index in [-0.39, 0.29) is 0 Å². The number of unbranched alkanes of at least 4 members (excludes halogenated alkanes) is 2. The van der Waals surface area contributed by atoms with Crippen LogP contribution in [0.15, 0.2) is 0 Å². The molecule has 0 amide bonds. The van der Waals surface area contributed by atoms with Crippen LogP contribution in [0, 0.1) is 5.92 Å². The Kier molecular flexibility index (Phi) is 8.38. The third kappa shape index (κ3) is 9.73. The van der Waals surface area contributed by atoms with Crippen molar-refractivity contribution < 1.29 is 9.90 Å². The highest BCUT2D eigenvalue weighted by Gasteiger charge is 2.04. The van der Waals surface area contributed by atoms with E-state index < -0.39 is 5.97 Å². The molecule has 0 atom stereocenters. The molecule has 0 radical (unpaired) electrons. The van der Waals surface area contributed by atoms with Crippen molar-refractivity contribution in [2.24, 2.45) is 5.92 Å². The fourth-order valence-corrected chi connectivity index (χ4v) is 1.68. The molecule has 0 aromatic carbocycles. The highest BCUT2D eigenvalue weighted by atomic mass is 16.4. The first-order valence-corrected chi connectivity index (χ1v) is 6.00. The molecule has 0 fully saturated rings. The Morgan fingerprint density at radius 1 is 1.27 bits per heavy atom. The molecule has 0 aromatic heterocycles. The number of rotatable bonds is 9. The lowest BCUT2D eigenvalue weighted by Crippen LogP contribution is -2.28. The molecule has 0 unspecified atom stereocenters. The number of aliphatic carboxylic acids is 1. The highest BCUT2D eigenvalue weighted by molar-refractivity contribution is 5.66. The lowest BCUT2D eigenvalue weighted by Gasteiger charge is -2.22. The van der Waals surface area contributed by atoms with Crippen LogP contribution in [0.1, 0.15) is 46.5 Å². The Labute approximate surface area is 93.5 Å². The molecule has 15 heavy (non-hydrogen) atoms. The van der Waals surface area contributed by atoms with Crippen LogP contribution in [0.25, 0.3) is 0 Å². The van der Waals surface area contributed by atoms with Gasteiger partial charge in [-0.15, -0.1) is 0 Å². The fraction of sp³-hybridized carbons (Fsp3) is 0.917. The summed E-state index contributed by atoms with van der Waals surface area (Å²) in [6.07, 6.45) is 3.28. The molecule has 90 valence electrons. The minimum Gasteiger partial charge on any atom is -0.481 e. The van der Waals surface area contributed by atoms with Crippen molar-refractivity contribution >= 4 is 5.97 Å². The molecule has 0 aliphatic carbocycles. The first kappa shape index (κ1) is 14.4. The summed E-state index contributed by atoms with van der Waals surface area (Å²) >= 11 is 0. The van der Waals surface area contributed by atoms with Gasteiger partial charge in [-0.25, -0.2) is 0 Å². The van der Waals surface area contributed by atoms with Crippen LogP contribution in [0.5, 0.6) is 0 Å². The predicted molar refractivity (Wildman–Crippen MR) is 63.1 cm³/mol. The van der Waals surface area contributed by atoms with Crippen LogP contribution >= 0.6 is 0 Å². The summed E-state index contributed by atoms with van der Waals surface area (Å²) in [5, 5.41) is 8.48. The van der Waals surface area contributed by atoms with Gasteiger partial charge in [-0.05, 0) is 31.8 Å². The zero-order chi connectivity index (χ0) is 11.7. The Morgan fingerprint density at radius 2 is 1.93 bits per heavy atom. The van der Waals surface area contributed by atoms with E-state index in [0.29, 0.717) is 12.3 Å². The van der Waals surface area contributed by atoms with Gasteiger partial charge in [0.25, 0.3) is 0 Å². The van der Waals surface area contributed by atoms with Crippen LogP contribution < -0.4 is 0 Å². The average molecular weight is 215 g/mol. The Bertz CT molecular complexity index is 169. The van der Waals surface area contributed by atoms with Gasteiger partial charge in [-0.3, -0.25) is 4.79 Å². The molecule has 0 aliphatic heterocycles. The quantitative estimate of drug-likeness (QED) is 0.601. The van der Waals surface area contributed by atoms with Crippen LogP contribution in [-0.4, -0.2) is 35.6 Å². The first-order chi connectivity index (χ1) is 7.06. The second-order valence-corrected chi connectivity index (χ2v) is 4.49. The van der Waals surface area contributed by atoms with Crippen molar-refractivity contribution in [2.45, 2.75) is 46.5 Å². The summed E-state index contributed by atoms with van der Waals surface area (Å²) in [5.74, 6) is 0.0356. The standard InChI is InChI=1S/C12H25NO2/c1-4-13(10-11(2)3)9-7-5-6-8-12(14)15/h11H,4-10H2,1-3H3,(H,14,15). The van der Waals surface area contributed by atoms with Crippen LogP contribution in [0.3, 0.4) is 0 Å². The van der Waals surface area contributed by atoms with Gasteiger partial charge in [0.05, 0.1) is 0 Å². The minimum absolute atomic E-state index is 0.316. The van der Waals surface area contributed by atoms with Crippen LogP contribution in [0.4, 0.5) is 0 Å². The second kappa shape index (κ2) is 8.72. The number of hydrogen-bond donors (Lipinski definition) is 1. The maximum Gasteiger partial charge on any atom is 0.303 e. The number of carboxylic acids is 1. The third-order valence-electron chi connectivity index (χ3n) is 2.44. The van der Waals surface area contributed by atoms with Gasteiger partial charge in [0.15, 0.2) is 0 Å². The van der Waals surface area contributed by atoms with Crippen LogP contribution in [0.2, 0.25) is 0 Å². The minimum atomic E-state index is -0.676. The van der Waals surface area contributed by atoms with Crippen molar-refractivity contribution in [2.75, 3.05) is 19.6 Å². The SMILES string of the molecule is CCN(CCCCCC(=O)O)CC(C)C. The molecule has 1 N–H and O–H groups in total. The van der Waals surface area contributed by atoms with Gasteiger partial charge in [-0.1, -0.05) is 27.2 Å². The number of hydrogen-bond acceptors (Lipinski definition) is 2. The molecule has 0 spiro atoms. The van der Waals surface area contributed by atoms with Gasteiger partial charge in [0.2, 0.25) is 0 Å². The van der Waals surface area contributed by atoms with E-state index in [2.05, 4.69) is 25.7 Å². The smallest absolute Gasteiger partial charge is 0.303 e. The largest absolute Gasteiger partial charge is 0.481 e. The Hall–Kier alpha value is -0.570. The van der Waals surface area contributed by atoms with Gasteiger partial charge >= 0.3 is 5.97 Å². The molecule has 0 aliphatic rings. The fourth-order valence-electron chi connectivity index (χ4n) is 1.68. The van der Waals surface area contributed by atoms with Crippen molar-refractivity contribution in [3.63, 3.8) is 0 Å². The van der Waals surface area contributed by atoms with Gasteiger partial charge in [-0.2, -0.15) is 0 Å². The molecule has 0 heterocycles. The van der Waals surface area contributed by atoms with E-state index in [1.807, 2.05) is 0 Å².